The average molecular weight is 323 g/mol. The van der Waals surface area contributed by atoms with E-state index in [1.165, 1.54) is 11.1 Å². The Kier molecular flexibility index (Phi) is 6.04. The lowest BCUT2D eigenvalue weighted by Crippen LogP contribution is -2.25. The summed E-state index contributed by atoms with van der Waals surface area (Å²) in [5, 5.41) is 4.97. The monoisotopic (exact) mass is 322 g/mol. The number of benzene rings is 1. The second kappa shape index (κ2) is 7.79. The van der Waals surface area contributed by atoms with E-state index in [4.69, 9.17) is 23.2 Å². The summed E-state index contributed by atoms with van der Waals surface area (Å²) < 4.78 is 0. The van der Waals surface area contributed by atoms with Crippen LogP contribution >= 0.6 is 23.2 Å². The first kappa shape index (κ1) is 16.3. The van der Waals surface area contributed by atoms with Crippen LogP contribution in [0.4, 0.5) is 0 Å². The Morgan fingerprint density at radius 1 is 1.24 bits per heavy atom. The number of rotatable bonds is 6. The average Bonchev–Trinajstić information content (AvgIpc) is 2.46. The van der Waals surface area contributed by atoms with E-state index in [1.807, 2.05) is 30.6 Å². The van der Waals surface area contributed by atoms with Gasteiger partial charge in [-0.25, -0.2) is 0 Å². The number of aryl methyl sites for hydroxylation is 1. The van der Waals surface area contributed by atoms with Gasteiger partial charge in [-0.1, -0.05) is 36.2 Å². The van der Waals surface area contributed by atoms with Gasteiger partial charge in [0, 0.05) is 28.5 Å². The van der Waals surface area contributed by atoms with Crippen LogP contribution in [-0.4, -0.2) is 11.5 Å². The van der Waals surface area contributed by atoms with Crippen LogP contribution in [0.15, 0.2) is 36.7 Å². The number of aromatic nitrogens is 1. The lowest BCUT2D eigenvalue weighted by Gasteiger charge is -2.21. The Hall–Kier alpha value is -1.09. The van der Waals surface area contributed by atoms with E-state index in [0.29, 0.717) is 10.0 Å². The molecule has 1 aromatic carbocycles. The molecule has 0 fully saturated rings. The van der Waals surface area contributed by atoms with Crippen molar-refractivity contribution >= 4 is 23.2 Å². The van der Waals surface area contributed by atoms with Gasteiger partial charge in [0.15, 0.2) is 0 Å². The normalized spacial score (nSPS) is 12.4. The van der Waals surface area contributed by atoms with Crippen LogP contribution in [0.3, 0.4) is 0 Å². The maximum atomic E-state index is 6.31. The van der Waals surface area contributed by atoms with E-state index >= 15 is 0 Å². The van der Waals surface area contributed by atoms with E-state index in [9.17, 15) is 0 Å². The fourth-order valence-corrected chi connectivity index (χ4v) is 2.84. The molecule has 21 heavy (non-hydrogen) atoms. The first-order valence-corrected chi connectivity index (χ1v) is 7.95. The molecule has 1 unspecified atom stereocenters. The van der Waals surface area contributed by atoms with Crippen molar-refractivity contribution in [3.8, 4) is 0 Å². The van der Waals surface area contributed by atoms with Crippen LogP contribution in [0.2, 0.25) is 10.0 Å². The molecule has 1 N–H and O–H groups in total. The molecule has 0 radical (unpaired) electrons. The minimum atomic E-state index is 0.206. The van der Waals surface area contributed by atoms with Crippen LogP contribution in [0.1, 0.15) is 36.1 Å². The molecule has 0 aliphatic carbocycles. The van der Waals surface area contributed by atoms with Gasteiger partial charge in [-0.2, -0.15) is 0 Å². The standard InChI is InChI=1S/C17H20Cl2N2/c1-3-7-21-17(15-11-20-8-6-12(15)2)9-13-4-5-14(18)10-16(13)19/h4-6,8,10-11,17,21H,3,7,9H2,1-2H3. The highest BCUT2D eigenvalue weighted by Crippen LogP contribution is 2.27. The molecule has 0 aliphatic heterocycles. The predicted molar refractivity (Wildman–Crippen MR) is 90.2 cm³/mol. The lowest BCUT2D eigenvalue weighted by molar-refractivity contribution is 0.526. The summed E-state index contributed by atoms with van der Waals surface area (Å²) in [5.74, 6) is 0. The van der Waals surface area contributed by atoms with Gasteiger partial charge < -0.3 is 5.32 Å². The molecule has 0 aliphatic rings. The SMILES string of the molecule is CCCNC(Cc1ccc(Cl)cc1Cl)c1cnccc1C. The van der Waals surface area contributed by atoms with Gasteiger partial charge in [0.25, 0.3) is 0 Å². The van der Waals surface area contributed by atoms with E-state index in [2.05, 4.69) is 24.1 Å². The van der Waals surface area contributed by atoms with Crippen LogP contribution in [0.5, 0.6) is 0 Å². The van der Waals surface area contributed by atoms with Crippen molar-refractivity contribution in [1.82, 2.24) is 10.3 Å². The highest BCUT2D eigenvalue weighted by atomic mass is 35.5. The smallest absolute Gasteiger partial charge is 0.0453 e. The molecule has 0 spiro atoms. The third kappa shape index (κ3) is 4.44. The van der Waals surface area contributed by atoms with Gasteiger partial charge in [-0.05, 0) is 61.2 Å². The number of nitrogens with zero attached hydrogens (tertiary/aromatic N) is 1. The molecule has 1 aromatic heterocycles. The summed E-state index contributed by atoms with van der Waals surface area (Å²) in [6.07, 6.45) is 5.67. The Bertz CT molecular complexity index is 599. The zero-order valence-corrected chi connectivity index (χ0v) is 13.9. The number of hydrogen-bond acceptors (Lipinski definition) is 2. The molecule has 112 valence electrons. The third-order valence-corrected chi connectivity index (χ3v) is 4.12. The molecule has 2 nitrogen and oxygen atoms in total. The second-order valence-electron chi connectivity index (χ2n) is 5.18. The largest absolute Gasteiger partial charge is 0.310 e. The molecule has 0 saturated heterocycles. The number of nitrogens with one attached hydrogen (secondary N) is 1. The Morgan fingerprint density at radius 3 is 2.71 bits per heavy atom. The maximum Gasteiger partial charge on any atom is 0.0453 e. The Balaban J connectivity index is 2.26. The highest BCUT2D eigenvalue weighted by molar-refractivity contribution is 6.35. The molecule has 1 atom stereocenters. The summed E-state index contributed by atoms with van der Waals surface area (Å²) in [6.45, 7) is 5.24. The molecule has 2 aromatic rings. The van der Waals surface area contributed by atoms with Gasteiger partial charge in [0.05, 0.1) is 0 Å². The van der Waals surface area contributed by atoms with Gasteiger partial charge in [-0.3, -0.25) is 4.98 Å². The van der Waals surface area contributed by atoms with Gasteiger partial charge in [-0.15, -0.1) is 0 Å². The van der Waals surface area contributed by atoms with E-state index in [0.717, 1.165) is 24.9 Å². The molecule has 0 bridgehead atoms. The predicted octanol–water partition coefficient (Wildman–Crippen LogP) is 4.98. The number of pyridine rings is 1. The number of hydrogen-bond donors (Lipinski definition) is 1. The van der Waals surface area contributed by atoms with Crippen molar-refractivity contribution in [3.05, 3.63) is 63.4 Å². The minimum absolute atomic E-state index is 0.206. The van der Waals surface area contributed by atoms with E-state index in [1.54, 1.807) is 6.07 Å². The molecule has 1 heterocycles. The van der Waals surface area contributed by atoms with Crippen molar-refractivity contribution in [2.75, 3.05) is 6.54 Å². The van der Waals surface area contributed by atoms with Crippen molar-refractivity contribution in [3.63, 3.8) is 0 Å². The summed E-state index contributed by atoms with van der Waals surface area (Å²) in [4.78, 5) is 4.26. The second-order valence-corrected chi connectivity index (χ2v) is 6.02. The van der Waals surface area contributed by atoms with Crippen LogP contribution in [0, 0.1) is 6.92 Å². The van der Waals surface area contributed by atoms with Crippen molar-refractivity contribution in [2.24, 2.45) is 0 Å². The quantitative estimate of drug-likeness (QED) is 0.811. The summed E-state index contributed by atoms with van der Waals surface area (Å²) in [7, 11) is 0. The van der Waals surface area contributed by atoms with E-state index in [-0.39, 0.29) is 6.04 Å². The zero-order valence-electron chi connectivity index (χ0n) is 12.4. The Morgan fingerprint density at radius 2 is 2.05 bits per heavy atom. The summed E-state index contributed by atoms with van der Waals surface area (Å²) in [5.41, 5.74) is 3.55. The van der Waals surface area contributed by atoms with Crippen molar-refractivity contribution in [1.29, 1.82) is 0 Å². The third-order valence-electron chi connectivity index (χ3n) is 3.53. The van der Waals surface area contributed by atoms with Crippen LogP contribution < -0.4 is 5.32 Å². The molecule has 0 saturated carbocycles. The van der Waals surface area contributed by atoms with Crippen molar-refractivity contribution in [2.45, 2.75) is 32.7 Å². The van der Waals surface area contributed by atoms with Crippen molar-refractivity contribution < 1.29 is 0 Å². The Labute approximate surface area is 136 Å². The summed E-state index contributed by atoms with van der Waals surface area (Å²) >= 11 is 12.3. The van der Waals surface area contributed by atoms with Crippen LogP contribution in [-0.2, 0) is 6.42 Å². The first-order valence-electron chi connectivity index (χ1n) is 7.19. The van der Waals surface area contributed by atoms with Gasteiger partial charge >= 0.3 is 0 Å². The molecular formula is C17H20Cl2N2. The molecule has 2 rings (SSSR count). The molecular weight excluding hydrogens is 303 g/mol. The summed E-state index contributed by atoms with van der Waals surface area (Å²) in [6, 6.07) is 7.93. The number of halogens is 2. The lowest BCUT2D eigenvalue weighted by atomic mass is 9.97. The van der Waals surface area contributed by atoms with Crippen LogP contribution in [0.25, 0.3) is 0 Å². The topological polar surface area (TPSA) is 24.9 Å². The fraction of sp³-hybridized carbons (Fsp3) is 0.353. The minimum Gasteiger partial charge on any atom is -0.310 e. The van der Waals surface area contributed by atoms with Gasteiger partial charge in [0.1, 0.15) is 0 Å². The van der Waals surface area contributed by atoms with Gasteiger partial charge in [0.2, 0.25) is 0 Å². The molecule has 4 heteroatoms. The maximum absolute atomic E-state index is 6.31. The van der Waals surface area contributed by atoms with E-state index < -0.39 is 0 Å². The fourth-order valence-electron chi connectivity index (χ4n) is 2.36. The first-order chi connectivity index (χ1) is 10.1. The molecule has 0 amide bonds. The zero-order chi connectivity index (χ0) is 15.2. The highest BCUT2D eigenvalue weighted by Gasteiger charge is 2.15.